The third-order valence-electron chi connectivity index (χ3n) is 3.61. The molecule has 0 unspecified atom stereocenters. The summed E-state index contributed by atoms with van der Waals surface area (Å²) in [6.07, 6.45) is 0. The van der Waals surface area contributed by atoms with Gasteiger partial charge in [0.1, 0.15) is 11.4 Å². The lowest BCUT2D eigenvalue weighted by Crippen LogP contribution is -1.86. The zero-order valence-electron chi connectivity index (χ0n) is 13.3. The van der Waals surface area contributed by atoms with Crippen molar-refractivity contribution in [1.29, 1.82) is 0 Å². The number of benzene rings is 3. The average Bonchev–Trinajstić information content (AvgIpc) is 2.64. The lowest BCUT2D eigenvalue weighted by Gasteiger charge is -2.02. The highest BCUT2D eigenvalue weighted by molar-refractivity contribution is 7.78. The van der Waals surface area contributed by atoms with Gasteiger partial charge in [-0.1, -0.05) is 36.1 Å². The summed E-state index contributed by atoms with van der Waals surface area (Å²) >= 11 is 4.36. The van der Waals surface area contributed by atoms with Crippen molar-refractivity contribution in [3.05, 3.63) is 83.4 Å². The molecule has 0 radical (unpaired) electrons. The monoisotopic (exact) mass is 363 g/mol. The maximum absolute atomic E-state index is 13.8. The van der Waals surface area contributed by atoms with Crippen molar-refractivity contribution in [3.63, 3.8) is 0 Å². The number of aliphatic imine (C=N–C) groups is 1. The first-order valence-corrected chi connectivity index (χ1v) is 7.96. The van der Waals surface area contributed by atoms with Gasteiger partial charge >= 0.3 is 0 Å². The lowest BCUT2D eigenvalue weighted by molar-refractivity contribution is 0.475. The van der Waals surface area contributed by atoms with E-state index in [0.29, 0.717) is 5.56 Å². The van der Waals surface area contributed by atoms with Gasteiger partial charge < -0.3 is 5.11 Å². The van der Waals surface area contributed by atoms with Gasteiger partial charge in [0.2, 0.25) is 0 Å². The number of hydrogen-bond donors (Lipinski definition) is 1. The van der Waals surface area contributed by atoms with Crippen molar-refractivity contribution in [2.45, 2.75) is 0 Å². The van der Waals surface area contributed by atoms with Crippen LogP contribution in [0, 0.1) is 23.5 Å². The maximum Gasteiger partial charge on any atom is 0.153 e. The highest BCUT2D eigenvalue weighted by Crippen LogP contribution is 2.24. The van der Waals surface area contributed by atoms with Crippen LogP contribution in [0.3, 0.4) is 0 Å². The minimum Gasteiger partial charge on any atom is -0.508 e. The number of phenolic OH excluding ortho intramolecular Hbond substituents is 1. The van der Waals surface area contributed by atoms with Gasteiger partial charge in [-0.3, -0.25) is 0 Å². The summed E-state index contributed by atoms with van der Waals surface area (Å²) in [5, 5.41) is 11.3. The molecule has 126 valence electrons. The molecule has 3 aromatic carbocycles. The van der Waals surface area contributed by atoms with E-state index in [0.717, 1.165) is 23.3 Å². The van der Waals surface area contributed by atoms with Crippen molar-refractivity contribution >= 4 is 23.1 Å². The van der Waals surface area contributed by atoms with Crippen LogP contribution in [0.25, 0.3) is 11.1 Å². The number of hydrogen-bond acceptors (Lipinski definition) is 3. The molecule has 0 bridgehead atoms. The number of isothiocyanates is 1. The first kappa shape index (κ1) is 17.5. The number of rotatable bonds is 2. The standard InChI is InChI=1S/C21H11F2NOS/c22-19-11-15(12-20(23)21(19)24-13-26)2-1-14-3-5-16(6-4-14)17-7-9-18(25)10-8-17/h3-12,25H. The smallest absolute Gasteiger partial charge is 0.153 e. The molecule has 0 atom stereocenters. The summed E-state index contributed by atoms with van der Waals surface area (Å²) in [7, 11) is 0. The Hall–Kier alpha value is -3.32. The van der Waals surface area contributed by atoms with Gasteiger partial charge in [0.15, 0.2) is 11.6 Å². The number of halogens is 2. The summed E-state index contributed by atoms with van der Waals surface area (Å²) < 4.78 is 27.6. The fraction of sp³-hybridized carbons (Fsp3) is 0. The number of nitrogens with zero attached hydrogens (tertiary/aromatic N) is 1. The van der Waals surface area contributed by atoms with Gasteiger partial charge in [0.05, 0.1) is 5.16 Å². The normalized spacial score (nSPS) is 9.77. The fourth-order valence-corrected chi connectivity index (χ4v) is 2.43. The van der Waals surface area contributed by atoms with E-state index in [1.165, 1.54) is 0 Å². The van der Waals surface area contributed by atoms with Crippen LogP contribution in [0.2, 0.25) is 0 Å². The Kier molecular flexibility index (Phi) is 5.19. The lowest BCUT2D eigenvalue weighted by atomic mass is 10.0. The molecule has 0 fully saturated rings. The number of aromatic hydroxyl groups is 1. The Labute approximate surface area is 154 Å². The van der Waals surface area contributed by atoms with E-state index in [1.807, 2.05) is 41.6 Å². The molecule has 26 heavy (non-hydrogen) atoms. The van der Waals surface area contributed by atoms with Crippen molar-refractivity contribution < 1.29 is 13.9 Å². The average molecular weight is 363 g/mol. The zero-order valence-corrected chi connectivity index (χ0v) is 14.1. The molecule has 0 saturated carbocycles. The second-order valence-electron chi connectivity index (χ2n) is 5.37. The summed E-state index contributed by atoms with van der Waals surface area (Å²) in [6, 6.07) is 16.5. The van der Waals surface area contributed by atoms with E-state index in [9.17, 15) is 13.9 Å². The largest absolute Gasteiger partial charge is 0.508 e. The van der Waals surface area contributed by atoms with Crippen LogP contribution in [0.15, 0.2) is 65.7 Å². The highest BCUT2D eigenvalue weighted by atomic mass is 32.1. The molecule has 0 aliphatic rings. The Bertz CT molecular complexity index is 1030. The second kappa shape index (κ2) is 7.71. The van der Waals surface area contributed by atoms with Gasteiger partial charge in [-0.25, -0.2) is 8.78 Å². The zero-order chi connectivity index (χ0) is 18.5. The molecule has 5 heteroatoms. The van der Waals surface area contributed by atoms with Crippen LogP contribution in [0.4, 0.5) is 14.5 Å². The van der Waals surface area contributed by atoms with Crippen molar-refractivity contribution in [3.8, 4) is 28.7 Å². The fourth-order valence-electron chi connectivity index (χ4n) is 2.33. The van der Waals surface area contributed by atoms with Gasteiger partial charge in [-0.15, -0.1) is 0 Å². The summed E-state index contributed by atoms with van der Waals surface area (Å²) in [4.78, 5) is 3.36. The van der Waals surface area contributed by atoms with Crippen molar-refractivity contribution in [1.82, 2.24) is 0 Å². The van der Waals surface area contributed by atoms with E-state index >= 15 is 0 Å². The number of thiocarbonyl (C=S) groups is 1. The van der Waals surface area contributed by atoms with E-state index in [4.69, 9.17) is 0 Å². The van der Waals surface area contributed by atoms with Crippen LogP contribution in [-0.4, -0.2) is 10.3 Å². The first-order chi connectivity index (χ1) is 12.6. The summed E-state index contributed by atoms with van der Waals surface area (Å²) in [5.74, 6) is 4.12. The predicted molar refractivity (Wildman–Crippen MR) is 101 cm³/mol. The maximum atomic E-state index is 13.8. The van der Waals surface area contributed by atoms with E-state index in [1.54, 1.807) is 12.1 Å². The second-order valence-corrected chi connectivity index (χ2v) is 5.55. The topological polar surface area (TPSA) is 32.6 Å². The first-order valence-electron chi connectivity index (χ1n) is 7.55. The van der Waals surface area contributed by atoms with Crippen molar-refractivity contribution in [2.24, 2.45) is 4.99 Å². The Morgan fingerprint density at radius 3 is 1.81 bits per heavy atom. The van der Waals surface area contributed by atoms with Gasteiger partial charge in [-0.2, -0.15) is 4.99 Å². The molecule has 0 aromatic heterocycles. The van der Waals surface area contributed by atoms with Gasteiger partial charge in [0.25, 0.3) is 0 Å². The van der Waals surface area contributed by atoms with Gasteiger partial charge in [0, 0.05) is 11.1 Å². The molecule has 2 nitrogen and oxygen atoms in total. The summed E-state index contributed by atoms with van der Waals surface area (Å²) in [5.41, 5.74) is 2.36. The van der Waals surface area contributed by atoms with Crippen LogP contribution < -0.4 is 0 Å². The summed E-state index contributed by atoms with van der Waals surface area (Å²) in [6.45, 7) is 0. The van der Waals surface area contributed by atoms with E-state index in [2.05, 4.69) is 29.1 Å². The molecule has 0 spiro atoms. The molecule has 0 heterocycles. The Morgan fingerprint density at radius 1 is 0.769 bits per heavy atom. The Balaban J connectivity index is 1.84. The Morgan fingerprint density at radius 2 is 1.27 bits per heavy atom. The molecule has 0 aliphatic heterocycles. The van der Waals surface area contributed by atoms with Gasteiger partial charge in [-0.05, 0) is 59.7 Å². The molecule has 0 aliphatic carbocycles. The van der Waals surface area contributed by atoms with Crippen LogP contribution in [0.5, 0.6) is 5.75 Å². The SMILES string of the molecule is Oc1ccc(-c2ccc(C#Cc3cc(F)c(N=C=S)c(F)c3)cc2)cc1. The third-order valence-corrected chi connectivity index (χ3v) is 3.70. The quantitative estimate of drug-likeness (QED) is 0.372. The molecule has 0 amide bonds. The molecule has 1 N–H and O–H groups in total. The third kappa shape index (κ3) is 4.01. The minimum absolute atomic E-state index is 0.200. The molecular formula is C21H11F2NOS. The minimum atomic E-state index is -0.839. The molecule has 3 aromatic rings. The van der Waals surface area contributed by atoms with Crippen LogP contribution in [-0.2, 0) is 0 Å². The van der Waals surface area contributed by atoms with Crippen LogP contribution >= 0.6 is 12.2 Å². The highest BCUT2D eigenvalue weighted by Gasteiger charge is 2.09. The van der Waals surface area contributed by atoms with E-state index < -0.39 is 17.3 Å². The van der Waals surface area contributed by atoms with Crippen molar-refractivity contribution in [2.75, 3.05) is 0 Å². The molecular weight excluding hydrogens is 352 g/mol. The van der Waals surface area contributed by atoms with E-state index in [-0.39, 0.29) is 11.3 Å². The molecule has 0 saturated heterocycles. The predicted octanol–water partition coefficient (Wildman–Crippen LogP) is 5.47. The molecule has 3 rings (SSSR count). The van der Waals surface area contributed by atoms with Crippen LogP contribution in [0.1, 0.15) is 11.1 Å². The number of phenols is 1.